The molecule has 1 amide bonds. The minimum Gasteiger partial charge on any atom is -0.324 e. The molecule has 0 radical (unpaired) electrons. The minimum absolute atomic E-state index is 0.0336. The molecule has 1 aromatic carbocycles. The van der Waals surface area contributed by atoms with E-state index in [1.807, 2.05) is 37.4 Å². The number of amides is 1. The molecule has 2 aromatic rings. The highest BCUT2D eigenvalue weighted by atomic mass is 16.2. The first-order valence-corrected chi connectivity index (χ1v) is 7.12. The average molecular weight is 269 g/mol. The Morgan fingerprint density at radius 1 is 1.25 bits per heavy atom. The summed E-state index contributed by atoms with van der Waals surface area (Å²) >= 11 is 0. The van der Waals surface area contributed by atoms with Gasteiger partial charge >= 0.3 is 0 Å². The first-order chi connectivity index (χ1) is 9.70. The summed E-state index contributed by atoms with van der Waals surface area (Å²) in [4.78, 5) is 12.0. The fraction of sp³-hybridized carbons (Fsp3) is 0.375. The maximum Gasteiger partial charge on any atom is 0.246 e. The second kappa shape index (κ2) is 5.49. The maximum absolute atomic E-state index is 12.0. The number of aromatic nitrogens is 2. The summed E-state index contributed by atoms with van der Waals surface area (Å²) < 4.78 is 1.76. The first-order valence-electron chi connectivity index (χ1n) is 7.12. The number of anilines is 1. The van der Waals surface area contributed by atoms with Crippen molar-refractivity contribution in [3.63, 3.8) is 0 Å². The van der Waals surface area contributed by atoms with Crippen LogP contribution >= 0.6 is 0 Å². The number of carbonyl (C=O) groups is 1. The molecular weight excluding hydrogens is 250 g/mol. The Hall–Kier alpha value is -2.10. The summed E-state index contributed by atoms with van der Waals surface area (Å²) in [5.41, 5.74) is 4.49. The van der Waals surface area contributed by atoms with Crippen LogP contribution in [0.15, 0.2) is 30.5 Å². The van der Waals surface area contributed by atoms with Gasteiger partial charge in [0.15, 0.2) is 0 Å². The van der Waals surface area contributed by atoms with Crippen molar-refractivity contribution in [3.8, 4) is 0 Å². The number of rotatable bonds is 3. The Bertz CT molecular complexity index is 590. The van der Waals surface area contributed by atoms with Gasteiger partial charge in [-0.3, -0.25) is 9.48 Å². The smallest absolute Gasteiger partial charge is 0.246 e. The first kappa shape index (κ1) is 12.9. The van der Waals surface area contributed by atoms with Gasteiger partial charge in [-0.05, 0) is 50.3 Å². The molecule has 4 heteroatoms. The molecule has 20 heavy (non-hydrogen) atoms. The predicted molar refractivity (Wildman–Crippen MR) is 78.7 cm³/mol. The number of hydrogen-bond donors (Lipinski definition) is 1. The third-order valence-electron chi connectivity index (χ3n) is 3.68. The Balaban J connectivity index is 1.63. The van der Waals surface area contributed by atoms with Crippen molar-refractivity contribution in [2.45, 2.75) is 39.2 Å². The lowest BCUT2D eigenvalue weighted by Gasteiger charge is -2.06. The van der Waals surface area contributed by atoms with Gasteiger partial charge in [-0.2, -0.15) is 5.10 Å². The van der Waals surface area contributed by atoms with Crippen LogP contribution in [0, 0.1) is 6.92 Å². The Morgan fingerprint density at radius 3 is 2.75 bits per heavy atom. The van der Waals surface area contributed by atoms with E-state index < -0.39 is 0 Å². The van der Waals surface area contributed by atoms with Crippen LogP contribution in [0.4, 0.5) is 5.69 Å². The quantitative estimate of drug-likeness (QED) is 0.931. The van der Waals surface area contributed by atoms with Crippen LogP contribution in [-0.2, 0) is 24.2 Å². The fourth-order valence-corrected chi connectivity index (χ4v) is 2.60. The predicted octanol–water partition coefficient (Wildman–Crippen LogP) is 2.71. The normalized spacial score (nSPS) is 13.8. The summed E-state index contributed by atoms with van der Waals surface area (Å²) in [5, 5.41) is 7.40. The van der Waals surface area contributed by atoms with Crippen LogP contribution in [0.3, 0.4) is 0 Å². The molecule has 3 rings (SSSR count). The summed E-state index contributed by atoms with van der Waals surface area (Å²) in [7, 11) is 0. The fourth-order valence-electron chi connectivity index (χ4n) is 2.60. The van der Waals surface area contributed by atoms with Crippen LogP contribution in [-0.4, -0.2) is 15.7 Å². The van der Waals surface area contributed by atoms with Crippen molar-refractivity contribution in [2.24, 2.45) is 0 Å². The van der Waals surface area contributed by atoms with Crippen LogP contribution in [0.25, 0.3) is 0 Å². The van der Waals surface area contributed by atoms with Gasteiger partial charge in [-0.15, -0.1) is 0 Å². The number of nitrogens with zero attached hydrogens (tertiary/aromatic N) is 2. The Kier molecular flexibility index (Phi) is 3.54. The largest absolute Gasteiger partial charge is 0.324 e. The van der Waals surface area contributed by atoms with Gasteiger partial charge in [0.1, 0.15) is 6.54 Å². The van der Waals surface area contributed by atoms with Gasteiger partial charge in [0.25, 0.3) is 0 Å². The average Bonchev–Trinajstić information content (AvgIpc) is 2.83. The molecule has 1 aromatic heterocycles. The summed E-state index contributed by atoms with van der Waals surface area (Å²) in [5.74, 6) is -0.0336. The lowest BCUT2D eigenvalue weighted by molar-refractivity contribution is -0.116. The molecule has 1 heterocycles. The number of benzene rings is 1. The van der Waals surface area contributed by atoms with Gasteiger partial charge in [0.05, 0.1) is 5.69 Å². The van der Waals surface area contributed by atoms with Gasteiger partial charge in [-0.1, -0.05) is 17.7 Å². The molecule has 1 aliphatic rings. The third kappa shape index (κ3) is 2.90. The van der Waals surface area contributed by atoms with E-state index in [0.717, 1.165) is 18.5 Å². The molecule has 0 atom stereocenters. The lowest BCUT2D eigenvalue weighted by Crippen LogP contribution is -2.19. The SMILES string of the molecule is Cc1ccc(NC(=O)Cn2cc3c(n2)CCCC3)cc1. The minimum atomic E-state index is -0.0336. The second-order valence-electron chi connectivity index (χ2n) is 5.42. The zero-order valence-corrected chi connectivity index (χ0v) is 11.7. The molecule has 1 N–H and O–H groups in total. The van der Waals surface area contributed by atoms with Crippen molar-refractivity contribution in [2.75, 3.05) is 5.32 Å². The molecule has 0 fully saturated rings. The number of fused-ring (bicyclic) bond motifs is 1. The van der Waals surface area contributed by atoms with E-state index in [1.165, 1.54) is 29.7 Å². The summed E-state index contributed by atoms with van der Waals surface area (Å²) in [6.45, 7) is 2.31. The van der Waals surface area contributed by atoms with Crippen LogP contribution in [0.2, 0.25) is 0 Å². The summed E-state index contributed by atoms with van der Waals surface area (Å²) in [6.07, 6.45) is 6.59. The van der Waals surface area contributed by atoms with Crippen LogP contribution in [0.5, 0.6) is 0 Å². The zero-order valence-electron chi connectivity index (χ0n) is 11.7. The Labute approximate surface area is 118 Å². The molecule has 0 saturated heterocycles. The molecule has 0 spiro atoms. The lowest BCUT2D eigenvalue weighted by atomic mass is 9.99. The number of nitrogens with one attached hydrogen (secondary N) is 1. The van der Waals surface area contributed by atoms with Gasteiger partial charge < -0.3 is 5.32 Å². The van der Waals surface area contributed by atoms with E-state index in [2.05, 4.69) is 10.4 Å². The van der Waals surface area contributed by atoms with Crippen molar-refractivity contribution < 1.29 is 4.79 Å². The highest BCUT2D eigenvalue weighted by Gasteiger charge is 2.14. The molecule has 0 unspecified atom stereocenters. The van der Waals surface area contributed by atoms with E-state index in [-0.39, 0.29) is 12.5 Å². The van der Waals surface area contributed by atoms with E-state index in [1.54, 1.807) is 4.68 Å². The van der Waals surface area contributed by atoms with Crippen molar-refractivity contribution in [1.82, 2.24) is 9.78 Å². The molecular formula is C16H19N3O. The second-order valence-corrected chi connectivity index (χ2v) is 5.42. The molecule has 4 nitrogen and oxygen atoms in total. The van der Waals surface area contributed by atoms with E-state index >= 15 is 0 Å². The van der Waals surface area contributed by atoms with Gasteiger partial charge in [-0.25, -0.2) is 0 Å². The zero-order chi connectivity index (χ0) is 13.9. The van der Waals surface area contributed by atoms with Crippen molar-refractivity contribution in [3.05, 3.63) is 47.3 Å². The van der Waals surface area contributed by atoms with Gasteiger partial charge in [0, 0.05) is 11.9 Å². The van der Waals surface area contributed by atoms with E-state index in [9.17, 15) is 4.79 Å². The highest BCUT2D eigenvalue weighted by Crippen LogP contribution is 2.19. The monoisotopic (exact) mass is 269 g/mol. The molecule has 0 aliphatic heterocycles. The van der Waals surface area contributed by atoms with E-state index in [4.69, 9.17) is 0 Å². The maximum atomic E-state index is 12.0. The topological polar surface area (TPSA) is 46.9 Å². The van der Waals surface area contributed by atoms with Crippen LogP contribution < -0.4 is 5.32 Å². The van der Waals surface area contributed by atoms with Crippen molar-refractivity contribution in [1.29, 1.82) is 0 Å². The molecule has 0 saturated carbocycles. The highest BCUT2D eigenvalue weighted by molar-refractivity contribution is 5.90. The van der Waals surface area contributed by atoms with Gasteiger partial charge in [0.2, 0.25) is 5.91 Å². The number of aryl methyl sites for hydroxylation is 3. The number of carbonyl (C=O) groups excluding carboxylic acids is 1. The van der Waals surface area contributed by atoms with E-state index in [0.29, 0.717) is 0 Å². The standard InChI is InChI=1S/C16H19N3O/c1-12-6-8-14(9-7-12)17-16(20)11-19-10-13-4-2-3-5-15(13)18-19/h6-10H,2-5,11H2,1H3,(H,17,20). The third-order valence-corrected chi connectivity index (χ3v) is 3.68. The molecule has 1 aliphatic carbocycles. The molecule has 0 bridgehead atoms. The number of hydrogen-bond acceptors (Lipinski definition) is 2. The van der Waals surface area contributed by atoms with Crippen LogP contribution in [0.1, 0.15) is 29.7 Å². The Morgan fingerprint density at radius 2 is 2.00 bits per heavy atom. The van der Waals surface area contributed by atoms with Crippen molar-refractivity contribution >= 4 is 11.6 Å². The summed E-state index contributed by atoms with van der Waals surface area (Å²) in [6, 6.07) is 7.81. The molecule has 104 valence electrons.